The van der Waals surface area contributed by atoms with Crippen molar-refractivity contribution >= 4 is 22.5 Å². The van der Waals surface area contributed by atoms with Crippen LogP contribution in [0.3, 0.4) is 0 Å². The Morgan fingerprint density at radius 2 is 2.00 bits per heavy atom. The number of halogens is 1. The third kappa shape index (κ3) is 2.25. The van der Waals surface area contributed by atoms with Crippen molar-refractivity contribution in [3.05, 3.63) is 35.0 Å². The predicted octanol–water partition coefficient (Wildman–Crippen LogP) is 4.97. The molecule has 0 fully saturated rings. The molecule has 2 rings (SSSR count). The van der Waals surface area contributed by atoms with Gasteiger partial charge in [0.2, 0.25) is 0 Å². The number of rotatable bonds is 3. The topological polar surface area (TPSA) is 15.8 Å². The molecule has 2 heteroatoms. The van der Waals surface area contributed by atoms with Gasteiger partial charge in [-0.25, -0.2) is 0 Å². The van der Waals surface area contributed by atoms with Gasteiger partial charge in [0.1, 0.15) is 0 Å². The van der Waals surface area contributed by atoms with E-state index in [0.29, 0.717) is 5.92 Å². The van der Waals surface area contributed by atoms with Crippen molar-refractivity contribution in [2.24, 2.45) is 5.92 Å². The molecular weight excluding hydrogens is 218 g/mol. The molecule has 1 atom stereocenters. The summed E-state index contributed by atoms with van der Waals surface area (Å²) < 4.78 is 0. The van der Waals surface area contributed by atoms with Crippen LogP contribution in [0.5, 0.6) is 0 Å². The predicted molar refractivity (Wildman–Crippen MR) is 71.2 cm³/mol. The number of aromatic amines is 1. The number of nitrogens with one attached hydrogen (secondary N) is 1. The molecule has 1 nitrogen and oxygen atoms in total. The van der Waals surface area contributed by atoms with E-state index in [1.54, 1.807) is 0 Å². The fourth-order valence-corrected chi connectivity index (χ4v) is 2.53. The highest BCUT2D eigenvalue weighted by Gasteiger charge is 2.12. The summed E-state index contributed by atoms with van der Waals surface area (Å²) in [6, 6.07) is 6.03. The van der Waals surface area contributed by atoms with Crippen molar-refractivity contribution in [3.8, 4) is 0 Å². The fraction of sp³-hybridized carbons (Fsp3) is 0.429. The lowest BCUT2D eigenvalue weighted by Gasteiger charge is -2.13. The molecule has 1 N–H and O–H groups in total. The summed E-state index contributed by atoms with van der Waals surface area (Å²) in [7, 11) is 0. The van der Waals surface area contributed by atoms with Crippen LogP contribution in [0.2, 0.25) is 5.02 Å². The monoisotopic (exact) mass is 235 g/mol. The lowest BCUT2D eigenvalue weighted by molar-refractivity contribution is 0.525. The van der Waals surface area contributed by atoms with Crippen LogP contribution in [0.15, 0.2) is 24.4 Å². The smallest absolute Gasteiger partial charge is 0.0457 e. The van der Waals surface area contributed by atoms with Crippen molar-refractivity contribution in [1.82, 2.24) is 4.98 Å². The maximum absolute atomic E-state index is 6.04. The van der Waals surface area contributed by atoms with E-state index >= 15 is 0 Å². The Hall–Kier alpha value is -0.950. The van der Waals surface area contributed by atoms with E-state index in [9.17, 15) is 0 Å². The summed E-state index contributed by atoms with van der Waals surface area (Å²) >= 11 is 6.04. The van der Waals surface area contributed by atoms with Crippen molar-refractivity contribution in [2.45, 2.75) is 33.1 Å². The standard InChI is InChI=1S/C14H18ClN/c1-9(2)6-10(3)13-8-16-14-5-4-11(15)7-12(13)14/h4-5,7-10,16H,6H2,1-3H3. The highest BCUT2D eigenvalue weighted by molar-refractivity contribution is 6.31. The first-order valence-corrected chi connectivity index (χ1v) is 6.22. The van der Waals surface area contributed by atoms with Gasteiger partial charge in [0.25, 0.3) is 0 Å². The largest absolute Gasteiger partial charge is 0.361 e. The Morgan fingerprint density at radius 1 is 1.25 bits per heavy atom. The first kappa shape index (κ1) is 11.5. The molecule has 1 heterocycles. The van der Waals surface area contributed by atoms with Gasteiger partial charge in [-0.1, -0.05) is 32.4 Å². The lowest BCUT2D eigenvalue weighted by atomic mass is 9.92. The average molecular weight is 236 g/mol. The number of fused-ring (bicyclic) bond motifs is 1. The molecule has 86 valence electrons. The van der Waals surface area contributed by atoms with Crippen molar-refractivity contribution < 1.29 is 0 Å². The van der Waals surface area contributed by atoms with Crippen LogP contribution < -0.4 is 0 Å². The third-order valence-corrected chi connectivity index (χ3v) is 3.27. The SMILES string of the molecule is CC(C)CC(C)c1c[nH]c2ccc(Cl)cc12. The summed E-state index contributed by atoms with van der Waals surface area (Å²) in [5.74, 6) is 1.30. The van der Waals surface area contributed by atoms with E-state index in [4.69, 9.17) is 11.6 Å². The Morgan fingerprint density at radius 3 is 2.69 bits per heavy atom. The number of H-pyrrole nitrogens is 1. The molecule has 0 radical (unpaired) electrons. The van der Waals surface area contributed by atoms with Crippen LogP contribution in [0, 0.1) is 5.92 Å². The van der Waals surface area contributed by atoms with Gasteiger partial charge in [0.15, 0.2) is 0 Å². The molecule has 0 aliphatic carbocycles. The quantitative estimate of drug-likeness (QED) is 0.773. The molecule has 1 aromatic carbocycles. The van der Waals surface area contributed by atoms with E-state index in [0.717, 1.165) is 10.9 Å². The molecule has 0 aliphatic rings. The molecule has 0 saturated carbocycles. The van der Waals surface area contributed by atoms with E-state index in [1.807, 2.05) is 12.1 Å². The normalized spacial score (nSPS) is 13.6. The van der Waals surface area contributed by atoms with Crippen molar-refractivity contribution in [1.29, 1.82) is 0 Å². The number of aromatic nitrogens is 1. The number of benzene rings is 1. The number of hydrogen-bond donors (Lipinski definition) is 1. The van der Waals surface area contributed by atoms with E-state index in [1.165, 1.54) is 22.9 Å². The van der Waals surface area contributed by atoms with Gasteiger partial charge < -0.3 is 4.98 Å². The van der Waals surface area contributed by atoms with Gasteiger partial charge in [-0.3, -0.25) is 0 Å². The minimum absolute atomic E-state index is 0.576. The summed E-state index contributed by atoms with van der Waals surface area (Å²) in [5, 5.41) is 2.07. The molecule has 0 spiro atoms. The second kappa shape index (κ2) is 4.50. The maximum atomic E-state index is 6.04. The molecule has 0 saturated heterocycles. The zero-order valence-corrected chi connectivity index (χ0v) is 10.8. The van der Waals surface area contributed by atoms with Gasteiger partial charge in [0.05, 0.1) is 0 Å². The molecule has 1 aromatic heterocycles. The van der Waals surface area contributed by atoms with Gasteiger partial charge in [-0.15, -0.1) is 0 Å². The van der Waals surface area contributed by atoms with Gasteiger partial charge in [0, 0.05) is 22.1 Å². The Labute approximate surface area is 102 Å². The molecular formula is C14H18ClN. The van der Waals surface area contributed by atoms with E-state index < -0.39 is 0 Å². The molecule has 0 aliphatic heterocycles. The average Bonchev–Trinajstić information content (AvgIpc) is 2.59. The van der Waals surface area contributed by atoms with Crippen LogP contribution in [0.1, 0.15) is 38.7 Å². The highest BCUT2D eigenvalue weighted by atomic mass is 35.5. The Kier molecular flexibility index (Phi) is 3.25. The van der Waals surface area contributed by atoms with E-state index in [2.05, 4.69) is 38.0 Å². The summed E-state index contributed by atoms with van der Waals surface area (Å²) in [5.41, 5.74) is 2.56. The van der Waals surface area contributed by atoms with Gasteiger partial charge >= 0.3 is 0 Å². The minimum atomic E-state index is 0.576. The van der Waals surface area contributed by atoms with Gasteiger partial charge in [-0.05, 0) is 42.0 Å². The van der Waals surface area contributed by atoms with Crippen LogP contribution >= 0.6 is 11.6 Å². The van der Waals surface area contributed by atoms with Crippen LogP contribution in [0.25, 0.3) is 10.9 Å². The Balaban J connectivity index is 2.40. The first-order valence-electron chi connectivity index (χ1n) is 5.84. The van der Waals surface area contributed by atoms with Crippen molar-refractivity contribution in [2.75, 3.05) is 0 Å². The van der Waals surface area contributed by atoms with Crippen LogP contribution in [0.4, 0.5) is 0 Å². The van der Waals surface area contributed by atoms with Gasteiger partial charge in [-0.2, -0.15) is 0 Å². The minimum Gasteiger partial charge on any atom is -0.361 e. The highest BCUT2D eigenvalue weighted by Crippen LogP contribution is 2.31. The molecule has 0 bridgehead atoms. The second-order valence-corrected chi connectivity index (χ2v) is 5.40. The van der Waals surface area contributed by atoms with Crippen molar-refractivity contribution in [3.63, 3.8) is 0 Å². The molecule has 16 heavy (non-hydrogen) atoms. The lowest BCUT2D eigenvalue weighted by Crippen LogP contribution is -1.97. The summed E-state index contributed by atoms with van der Waals surface area (Å²) in [4.78, 5) is 3.31. The molecule has 2 aromatic rings. The third-order valence-electron chi connectivity index (χ3n) is 3.03. The maximum Gasteiger partial charge on any atom is 0.0457 e. The Bertz CT molecular complexity index is 484. The van der Waals surface area contributed by atoms with E-state index in [-0.39, 0.29) is 0 Å². The number of hydrogen-bond acceptors (Lipinski definition) is 0. The first-order chi connectivity index (χ1) is 7.58. The summed E-state index contributed by atoms with van der Waals surface area (Å²) in [6.07, 6.45) is 3.33. The zero-order chi connectivity index (χ0) is 11.7. The zero-order valence-electron chi connectivity index (χ0n) is 10.0. The molecule has 0 amide bonds. The fourth-order valence-electron chi connectivity index (χ4n) is 2.36. The van der Waals surface area contributed by atoms with Crippen LogP contribution in [-0.4, -0.2) is 4.98 Å². The summed E-state index contributed by atoms with van der Waals surface area (Å²) in [6.45, 7) is 6.81. The molecule has 1 unspecified atom stereocenters. The van der Waals surface area contributed by atoms with Crippen LogP contribution in [-0.2, 0) is 0 Å². The second-order valence-electron chi connectivity index (χ2n) is 4.96.